The van der Waals surface area contributed by atoms with Crippen LogP contribution in [0, 0.1) is 5.41 Å². The number of carbonyl (C=O) groups is 2. The zero-order valence-corrected chi connectivity index (χ0v) is 11.4. The third kappa shape index (κ3) is 2.09. The first-order valence-electron chi connectivity index (χ1n) is 7.23. The highest BCUT2D eigenvalue weighted by Crippen LogP contribution is 2.39. The Morgan fingerprint density at radius 1 is 1.10 bits per heavy atom. The molecule has 20 heavy (non-hydrogen) atoms. The Labute approximate surface area is 118 Å². The zero-order chi connectivity index (χ0) is 14.2. The maximum atomic E-state index is 12.4. The largest absolute Gasteiger partial charge is 0.480 e. The first-order valence-corrected chi connectivity index (χ1v) is 7.23. The van der Waals surface area contributed by atoms with Gasteiger partial charge >= 0.3 is 5.97 Å². The van der Waals surface area contributed by atoms with E-state index >= 15 is 0 Å². The smallest absolute Gasteiger partial charge is 0.319 e. The fourth-order valence-corrected chi connectivity index (χ4v) is 3.50. The number of benzene rings is 1. The van der Waals surface area contributed by atoms with Gasteiger partial charge in [0.15, 0.2) is 0 Å². The molecular weight excluding hydrogens is 254 g/mol. The molecule has 4 nitrogen and oxygen atoms in total. The molecule has 0 saturated heterocycles. The van der Waals surface area contributed by atoms with Crippen molar-refractivity contribution < 1.29 is 14.7 Å². The van der Waals surface area contributed by atoms with Crippen LogP contribution < -0.4 is 5.32 Å². The summed E-state index contributed by atoms with van der Waals surface area (Å²) in [6.07, 6.45) is 4.19. The number of carboxylic acids is 1. The second-order valence-electron chi connectivity index (χ2n) is 5.94. The Bertz CT molecular complexity index is 521. The lowest BCUT2D eigenvalue weighted by molar-refractivity contribution is -0.155. The zero-order valence-electron chi connectivity index (χ0n) is 11.4. The number of carboxylic acid groups (broad SMARTS) is 1. The Balaban J connectivity index is 1.70. The number of nitrogens with one attached hydrogen (secondary N) is 1. The normalized spacial score (nSPS) is 20.6. The molecule has 0 spiro atoms. The van der Waals surface area contributed by atoms with Crippen LogP contribution in [0.4, 0.5) is 0 Å². The molecule has 0 heterocycles. The average Bonchev–Trinajstić information content (AvgIpc) is 3.05. The van der Waals surface area contributed by atoms with E-state index in [1.54, 1.807) is 0 Å². The van der Waals surface area contributed by atoms with Crippen molar-refractivity contribution in [3.05, 3.63) is 35.4 Å². The molecule has 0 bridgehead atoms. The third-order valence-corrected chi connectivity index (χ3v) is 4.69. The third-order valence-electron chi connectivity index (χ3n) is 4.69. The minimum Gasteiger partial charge on any atom is -0.480 e. The second-order valence-corrected chi connectivity index (χ2v) is 5.94. The molecular formula is C16H19NO3. The summed E-state index contributed by atoms with van der Waals surface area (Å²) in [5, 5.41) is 12.4. The quantitative estimate of drug-likeness (QED) is 0.827. The molecule has 2 N–H and O–H groups in total. The molecule has 1 fully saturated rings. The van der Waals surface area contributed by atoms with Crippen molar-refractivity contribution in [2.45, 2.75) is 44.6 Å². The lowest BCUT2D eigenvalue weighted by atomic mass is 9.85. The maximum absolute atomic E-state index is 12.4. The summed E-state index contributed by atoms with van der Waals surface area (Å²) >= 11 is 0. The van der Waals surface area contributed by atoms with E-state index in [1.165, 1.54) is 11.1 Å². The summed E-state index contributed by atoms with van der Waals surface area (Å²) in [5.41, 5.74) is 1.33. The Morgan fingerprint density at radius 2 is 1.65 bits per heavy atom. The highest BCUT2D eigenvalue weighted by Gasteiger charge is 2.48. The SMILES string of the molecule is O=C(O)C1(C(=O)NC2Cc3ccccc3C2)CCCC1. The van der Waals surface area contributed by atoms with Crippen molar-refractivity contribution in [2.75, 3.05) is 0 Å². The molecule has 0 aliphatic heterocycles. The Kier molecular flexibility index (Phi) is 3.24. The van der Waals surface area contributed by atoms with Crippen LogP contribution in [-0.4, -0.2) is 23.0 Å². The van der Waals surface area contributed by atoms with E-state index in [0.29, 0.717) is 12.8 Å². The van der Waals surface area contributed by atoms with E-state index < -0.39 is 11.4 Å². The van der Waals surface area contributed by atoms with E-state index in [4.69, 9.17) is 0 Å². The molecule has 2 aliphatic rings. The summed E-state index contributed by atoms with van der Waals surface area (Å²) in [6, 6.07) is 8.18. The summed E-state index contributed by atoms with van der Waals surface area (Å²) in [5.74, 6) is -1.26. The lowest BCUT2D eigenvalue weighted by Crippen LogP contribution is -2.48. The standard InChI is InChI=1S/C16H19NO3/c18-14(16(15(19)20)7-3-4-8-16)17-13-9-11-5-1-2-6-12(11)10-13/h1-2,5-6,13H,3-4,7-10H2,(H,17,18)(H,19,20). The van der Waals surface area contributed by atoms with Crippen molar-refractivity contribution in [1.29, 1.82) is 0 Å². The predicted molar refractivity (Wildman–Crippen MR) is 74.3 cm³/mol. The number of rotatable bonds is 3. The van der Waals surface area contributed by atoms with Crippen LogP contribution in [0.2, 0.25) is 0 Å². The van der Waals surface area contributed by atoms with Gasteiger partial charge in [-0.25, -0.2) is 0 Å². The van der Waals surface area contributed by atoms with Crippen LogP contribution in [-0.2, 0) is 22.4 Å². The molecule has 106 valence electrons. The highest BCUT2D eigenvalue weighted by molar-refractivity contribution is 6.02. The summed E-state index contributed by atoms with van der Waals surface area (Å²) in [4.78, 5) is 23.9. The van der Waals surface area contributed by atoms with E-state index in [2.05, 4.69) is 17.4 Å². The Hall–Kier alpha value is -1.84. The van der Waals surface area contributed by atoms with Crippen molar-refractivity contribution in [1.82, 2.24) is 5.32 Å². The molecule has 1 saturated carbocycles. The van der Waals surface area contributed by atoms with Gasteiger partial charge in [0.25, 0.3) is 0 Å². The van der Waals surface area contributed by atoms with Crippen molar-refractivity contribution in [3.8, 4) is 0 Å². The molecule has 0 unspecified atom stereocenters. The van der Waals surface area contributed by atoms with Crippen LogP contribution >= 0.6 is 0 Å². The van der Waals surface area contributed by atoms with Gasteiger partial charge in [0.2, 0.25) is 5.91 Å². The van der Waals surface area contributed by atoms with Crippen LogP contribution in [0.15, 0.2) is 24.3 Å². The van der Waals surface area contributed by atoms with Gasteiger partial charge in [-0.1, -0.05) is 37.1 Å². The minimum atomic E-state index is -1.19. The van der Waals surface area contributed by atoms with Gasteiger partial charge in [0.1, 0.15) is 5.41 Å². The summed E-state index contributed by atoms with van der Waals surface area (Å²) < 4.78 is 0. The van der Waals surface area contributed by atoms with E-state index in [0.717, 1.165) is 25.7 Å². The van der Waals surface area contributed by atoms with Crippen molar-refractivity contribution in [3.63, 3.8) is 0 Å². The minimum absolute atomic E-state index is 0.0386. The number of hydrogen-bond donors (Lipinski definition) is 2. The summed E-state index contributed by atoms with van der Waals surface area (Å²) in [7, 11) is 0. The van der Waals surface area contributed by atoms with Gasteiger partial charge < -0.3 is 10.4 Å². The molecule has 3 rings (SSSR count). The first-order chi connectivity index (χ1) is 9.62. The molecule has 0 atom stereocenters. The number of amides is 1. The molecule has 2 aliphatic carbocycles. The fraction of sp³-hybridized carbons (Fsp3) is 0.500. The van der Waals surface area contributed by atoms with Gasteiger partial charge in [-0.05, 0) is 36.8 Å². The molecule has 1 amide bonds. The number of fused-ring (bicyclic) bond motifs is 1. The van der Waals surface area contributed by atoms with E-state index in [-0.39, 0.29) is 11.9 Å². The van der Waals surface area contributed by atoms with Crippen LogP contribution in [0.3, 0.4) is 0 Å². The fourth-order valence-electron chi connectivity index (χ4n) is 3.50. The van der Waals surface area contributed by atoms with Gasteiger partial charge in [-0.15, -0.1) is 0 Å². The van der Waals surface area contributed by atoms with Gasteiger partial charge in [-0.2, -0.15) is 0 Å². The average molecular weight is 273 g/mol. The highest BCUT2D eigenvalue weighted by atomic mass is 16.4. The van der Waals surface area contributed by atoms with Gasteiger partial charge in [0, 0.05) is 6.04 Å². The molecule has 1 aromatic rings. The van der Waals surface area contributed by atoms with Crippen LogP contribution in [0.5, 0.6) is 0 Å². The predicted octanol–water partition coefficient (Wildman–Crippen LogP) is 1.91. The Morgan fingerprint density at radius 3 is 2.15 bits per heavy atom. The second kappa shape index (κ2) is 4.93. The van der Waals surface area contributed by atoms with Crippen LogP contribution in [0.1, 0.15) is 36.8 Å². The molecule has 4 heteroatoms. The lowest BCUT2D eigenvalue weighted by Gasteiger charge is -2.25. The van der Waals surface area contributed by atoms with Gasteiger partial charge in [0.05, 0.1) is 0 Å². The summed E-state index contributed by atoms with van der Waals surface area (Å²) in [6.45, 7) is 0. The van der Waals surface area contributed by atoms with E-state index in [9.17, 15) is 14.7 Å². The molecule has 1 aromatic carbocycles. The molecule has 0 aromatic heterocycles. The number of aliphatic carboxylic acids is 1. The number of hydrogen-bond acceptors (Lipinski definition) is 2. The van der Waals surface area contributed by atoms with Crippen LogP contribution in [0.25, 0.3) is 0 Å². The van der Waals surface area contributed by atoms with Gasteiger partial charge in [-0.3, -0.25) is 9.59 Å². The van der Waals surface area contributed by atoms with Crippen molar-refractivity contribution in [2.24, 2.45) is 5.41 Å². The maximum Gasteiger partial charge on any atom is 0.319 e. The first kappa shape index (κ1) is 13.2. The monoisotopic (exact) mass is 273 g/mol. The number of carbonyl (C=O) groups excluding carboxylic acids is 1. The molecule has 0 radical (unpaired) electrons. The van der Waals surface area contributed by atoms with E-state index in [1.807, 2.05) is 12.1 Å². The van der Waals surface area contributed by atoms with Crippen molar-refractivity contribution >= 4 is 11.9 Å². The topological polar surface area (TPSA) is 66.4 Å².